The van der Waals surface area contributed by atoms with Crippen molar-refractivity contribution >= 4 is 17.8 Å². The van der Waals surface area contributed by atoms with Gasteiger partial charge in [0.2, 0.25) is 5.91 Å². The fraction of sp³-hybridized carbons (Fsp3) is 0.406. The van der Waals surface area contributed by atoms with Crippen molar-refractivity contribution in [3.63, 3.8) is 0 Å². The molecule has 2 fully saturated rings. The van der Waals surface area contributed by atoms with Crippen molar-refractivity contribution < 1.29 is 52.6 Å². The molecule has 12 nitrogen and oxygen atoms in total. The molecule has 0 spiro atoms. The van der Waals surface area contributed by atoms with Gasteiger partial charge in [-0.1, -0.05) is 48.8 Å². The summed E-state index contributed by atoms with van der Waals surface area (Å²) in [4.78, 5) is 36.4. The Labute approximate surface area is 255 Å². The lowest BCUT2D eigenvalue weighted by atomic mass is 9.95. The van der Waals surface area contributed by atoms with Gasteiger partial charge >= 0.3 is 11.9 Å². The highest BCUT2D eigenvalue weighted by Crippen LogP contribution is 2.36. The van der Waals surface area contributed by atoms with Gasteiger partial charge in [0.15, 0.2) is 12.6 Å². The van der Waals surface area contributed by atoms with Gasteiger partial charge in [0.1, 0.15) is 42.3 Å². The number of fused-ring (bicyclic) bond motifs is 1. The Kier molecular flexibility index (Phi) is 11.5. The van der Waals surface area contributed by atoms with Crippen molar-refractivity contribution in [1.29, 1.82) is 0 Å². The highest BCUT2D eigenvalue weighted by Gasteiger charge is 2.51. The van der Waals surface area contributed by atoms with E-state index in [1.54, 1.807) is 6.92 Å². The van der Waals surface area contributed by atoms with Crippen molar-refractivity contribution in [2.24, 2.45) is 0 Å². The first-order valence-corrected chi connectivity index (χ1v) is 13.9. The minimum absolute atomic E-state index is 0.0249. The van der Waals surface area contributed by atoms with Crippen LogP contribution < -0.4 is 5.32 Å². The van der Waals surface area contributed by atoms with E-state index in [2.05, 4.69) is 28.5 Å². The van der Waals surface area contributed by atoms with Gasteiger partial charge in [-0.25, -0.2) is 9.59 Å². The van der Waals surface area contributed by atoms with Gasteiger partial charge in [-0.15, -0.1) is 0 Å². The third kappa shape index (κ3) is 8.22. The Morgan fingerprint density at radius 1 is 1.11 bits per heavy atom. The first-order valence-electron chi connectivity index (χ1n) is 13.9. The molecule has 44 heavy (non-hydrogen) atoms. The van der Waals surface area contributed by atoms with E-state index in [-0.39, 0.29) is 49.2 Å². The molecule has 12 heteroatoms. The molecule has 0 aromatic heterocycles. The van der Waals surface area contributed by atoms with Crippen LogP contribution in [-0.4, -0.2) is 87.1 Å². The zero-order valence-corrected chi connectivity index (χ0v) is 24.6. The maximum Gasteiger partial charge on any atom is 0.341 e. The van der Waals surface area contributed by atoms with E-state index < -0.39 is 48.9 Å². The van der Waals surface area contributed by atoms with Crippen LogP contribution in [0, 0.1) is 11.8 Å². The Morgan fingerprint density at radius 3 is 2.59 bits per heavy atom. The molecule has 2 N–H and O–H groups in total. The summed E-state index contributed by atoms with van der Waals surface area (Å²) in [6.45, 7) is 6.78. The van der Waals surface area contributed by atoms with Crippen molar-refractivity contribution in [3.8, 4) is 17.6 Å². The molecule has 2 aliphatic heterocycles. The highest BCUT2D eigenvalue weighted by atomic mass is 16.7. The quantitative estimate of drug-likeness (QED) is 0.232. The number of phenolic OH excluding ortho intramolecular Hbond substituents is 1. The first kappa shape index (κ1) is 32.7. The van der Waals surface area contributed by atoms with Gasteiger partial charge in [0.25, 0.3) is 0 Å². The second-order valence-electron chi connectivity index (χ2n) is 9.88. The number of hydrogen-bond donors (Lipinski definition) is 2. The number of hydrogen-bond acceptors (Lipinski definition) is 11. The van der Waals surface area contributed by atoms with Crippen LogP contribution in [0.1, 0.15) is 41.6 Å². The van der Waals surface area contributed by atoms with E-state index in [9.17, 15) is 19.5 Å². The second kappa shape index (κ2) is 15.5. The Balaban J connectivity index is 1.54. The van der Waals surface area contributed by atoms with Gasteiger partial charge in [-0.2, -0.15) is 0 Å². The van der Waals surface area contributed by atoms with Crippen LogP contribution in [-0.2, 0) is 42.7 Å². The third-order valence-electron chi connectivity index (χ3n) is 6.75. The number of benzene rings is 2. The van der Waals surface area contributed by atoms with E-state index in [4.69, 9.17) is 28.4 Å². The van der Waals surface area contributed by atoms with Gasteiger partial charge in [-0.3, -0.25) is 4.79 Å². The van der Waals surface area contributed by atoms with Crippen molar-refractivity contribution in [2.45, 2.75) is 50.8 Å². The molecule has 234 valence electrons. The Bertz CT molecular complexity index is 1400. The van der Waals surface area contributed by atoms with Crippen LogP contribution >= 0.6 is 0 Å². The average Bonchev–Trinajstić information content (AvgIpc) is 3.02. The van der Waals surface area contributed by atoms with E-state index in [1.165, 1.54) is 32.2 Å². The number of carbonyl (C=O) groups is 3. The standard InChI is InChI=1S/C32H35NO11/c1-5-39-29(36)19(2)17-41-28-26(33-20(3)34)32(40-15-9-10-21-13-14-24(35)23(16-21)30(37)38-4)43-25-18-42-31(44-27(25)28)22-11-7-6-8-12-22/h6-8,11-14,16,25-28,31-32,35H,2,5,15,17-18H2,1,3-4H3,(H,33,34)/t25-,26+,27-,28+,31-,32-/m1/s1. The van der Waals surface area contributed by atoms with E-state index >= 15 is 0 Å². The minimum Gasteiger partial charge on any atom is -0.507 e. The number of methoxy groups -OCH3 is 1. The van der Waals surface area contributed by atoms with Crippen LogP contribution in [0.25, 0.3) is 0 Å². The van der Waals surface area contributed by atoms with E-state index in [0.717, 1.165) is 5.56 Å². The predicted molar refractivity (Wildman–Crippen MR) is 154 cm³/mol. The van der Waals surface area contributed by atoms with Crippen LogP contribution in [0.2, 0.25) is 0 Å². The largest absolute Gasteiger partial charge is 0.507 e. The average molecular weight is 610 g/mol. The van der Waals surface area contributed by atoms with Crippen LogP contribution in [0.5, 0.6) is 5.75 Å². The number of phenols is 1. The predicted octanol–water partition coefficient (Wildman–Crippen LogP) is 2.40. The lowest BCUT2D eigenvalue weighted by Gasteiger charge is -2.49. The molecule has 2 aromatic carbocycles. The van der Waals surface area contributed by atoms with Crippen LogP contribution in [0.3, 0.4) is 0 Å². The summed E-state index contributed by atoms with van der Waals surface area (Å²) in [6.07, 6.45) is -3.99. The van der Waals surface area contributed by atoms with E-state index in [1.807, 2.05) is 30.3 Å². The zero-order valence-electron chi connectivity index (χ0n) is 24.6. The molecule has 0 radical (unpaired) electrons. The maximum absolute atomic E-state index is 12.3. The van der Waals surface area contributed by atoms with Crippen molar-refractivity contribution in [1.82, 2.24) is 5.32 Å². The summed E-state index contributed by atoms with van der Waals surface area (Å²) in [6, 6.07) is 12.7. The number of nitrogens with one attached hydrogen (secondary N) is 1. The fourth-order valence-corrected chi connectivity index (χ4v) is 4.72. The fourth-order valence-electron chi connectivity index (χ4n) is 4.72. The summed E-state index contributed by atoms with van der Waals surface area (Å²) in [5.41, 5.74) is 1.29. The molecule has 6 atom stereocenters. The molecule has 0 bridgehead atoms. The normalized spacial score (nSPS) is 24.2. The minimum atomic E-state index is -1.04. The summed E-state index contributed by atoms with van der Waals surface area (Å²) < 4.78 is 40.3. The number of esters is 2. The van der Waals surface area contributed by atoms with Gasteiger partial charge in [-0.05, 0) is 25.1 Å². The van der Waals surface area contributed by atoms with Gasteiger partial charge in [0.05, 0.1) is 32.5 Å². The Morgan fingerprint density at radius 2 is 1.89 bits per heavy atom. The van der Waals surface area contributed by atoms with Crippen molar-refractivity contribution in [2.75, 3.05) is 33.5 Å². The molecule has 0 saturated carbocycles. The molecule has 2 aromatic rings. The monoisotopic (exact) mass is 609 g/mol. The second-order valence-corrected chi connectivity index (χ2v) is 9.88. The smallest absolute Gasteiger partial charge is 0.341 e. The molecule has 2 aliphatic rings. The molecule has 2 saturated heterocycles. The van der Waals surface area contributed by atoms with E-state index in [0.29, 0.717) is 5.56 Å². The SMILES string of the molecule is C=C(CO[C@H]1[C@H](NC(C)=O)[C@H](OCC#Cc2ccc(O)c(C(=O)OC)c2)O[C@@H]2CO[C@@H](c3ccccc3)O[C@@H]12)C(=O)OCC. The van der Waals surface area contributed by atoms with Gasteiger partial charge < -0.3 is 43.6 Å². The first-order chi connectivity index (χ1) is 21.2. The number of carbonyl (C=O) groups excluding carboxylic acids is 3. The molecule has 0 unspecified atom stereocenters. The maximum atomic E-state index is 12.3. The van der Waals surface area contributed by atoms with Crippen molar-refractivity contribution in [3.05, 3.63) is 77.4 Å². The summed E-state index contributed by atoms with van der Waals surface area (Å²) in [5, 5.41) is 12.8. The molecule has 1 amide bonds. The third-order valence-corrected chi connectivity index (χ3v) is 6.75. The molecule has 2 heterocycles. The summed E-state index contributed by atoms with van der Waals surface area (Å²) >= 11 is 0. The molecular formula is C32H35NO11. The number of aromatic hydroxyl groups is 1. The number of amides is 1. The zero-order chi connectivity index (χ0) is 31.6. The Hall–Kier alpha value is -4.25. The lowest BCUT2D eigenvalue weighted by molar-refractivity contribution is -0.346. The number of ether oxygens (including phenoxy) is 7. The lowest BCUT2D eigenvalue weighted by Crippen LogP contribution is -2.67. The highest BCUT2D eigenvalue weighted by molar-refractivity contribution is 5.92. The molecular weight excluding hydrogens is 574 g/mol. The van der Waals surface area contributed by atoms with Crippen LogP contribution in [0.15, 0.2) is 60.7 Å². The summed E-state index contributed by atoms with van der Waals surface area (Å²) in [7, 11) is 1.21. The van der Waals surface area contributed by atoms with Crippen LogP contribution in [0.4, 0.5) is 0 Å². The number of rotatable bonds is 10. The molecule has 0 aliphatic carbocycles. The summed E-state index contributed by atoms with van der Waals surface area (Å²) in [5.74, 6) is 3.80. The topological polar surface area (TPSA) is 148 Å². The van der Waals surface area contributed by atoms with Gasteiger partial charge in [0, 0.05) is 18.1 Å². The molecule has 4 rings (SSSR count).